The molecule has 0 spiro atoms. The number of hydrogen-bond acceptors (Lipinski definition) is 3. The van der Waals surface area contributed by atoms with Crippen LogP contribution < -0.4 is 4.74 Å². The predicted octanol–water partition coefficient (Wildman–Crippen LogP) is 3.35. The van der Waals surface area contributed by atoms with Crippen LogP contribution in [0.4, 0.5) is 0 Å². The van der Waals surface area contributed by atoms with Crippen molar-refractivity contribution in [1.29, 1.82) is 0 Å². The Morgan fingerprint density at radius 2 is 2.20 bits per heavy atom. The number of aliphatic hydroxyl groups is 1. The van der Waals surface area contributed by atoms with E-state index in [9.17, 15) is 5.11 Å². The third-order valence-electron chi connectivity index (χ3n) is 3.28. The average Bonchev–Trinajstić information content (AvgIpc) is 2.80. The average molecular weight is 295 g/mol. The fourth-order valence-electron chi connectivity index (χ4n) is 2.20. The Balaban J connectivity index is 2.40. The summed E-state index contributed by atoms with van der Waals surface area (Å²) in [4.78, 5) is 0. The molecule has 4 nitrogen and oxygen atoms in total. The van der Waals surface area contributed by atoms with Crippen LogP contribution in [0.5, 0.6) is 5.75 Å². The van der Waals surface area contributed by atoms with Gasteiger partial charge in [0.2, 0.25) is 0 Å². The maximum absolute atomic E-state index is 10.6. The van der Waals surface area contributed by atoms with E-state index in [1.54, 1.807) is 18.0 Å². The normalized spacial score (nSPS) is 12.4. The van der Waals surface area contributed by atoms with Crippen LogP contribution in [0, 0.1) is 6.92 Å². The third-order valence-corrected chi connectivity index (χ3v) is 3.57. The van der Waals surface area contributed by atoms with E-state index in [2.05, 4.69) is 12.0 Å². The van der Waals surface area contributed by atoms with Crippen molar-refractivity contribution >= 4 is 11.6 Å². The molecule has 2 aromatic rings. The van der Waals surface area contributed by atoms with Crippen molar-refractivity contribution in [2.24, 2.45) is 0 Å². The van der Waals surface area contributed by atoms with E-state index in [1.165, 1.54) is 0 Å². The van der Waals surface area contributed by atoms with Gasteiger partial charge in [0.1, 0.15) is 11.9 Å². The SMILES string of the molecule is CCCn1ncc(Cl)c1C(O)c1ccc(C)c(OC)c1. The highest BCUT2D eigenvalue weighted by Gasteiger charge is 2.20. The van der Waals surface area contributed by atoms with Gasteiger partial charge < -0.3 is 9.84 Å². The largest absolute Gasteiger partial charge is 0.496 e. The van der Waals surface area contributed by atoms with Crippen LogP contribution >= 0.6 is 11.6 Å². The van der Waals surface area contributed by atoms with Gasteiger partial charge in [-0.25, -0.2) is 0 Å². The molecule has 0 fully saturated rings. The van der Waals surface area contributed by atoms with Crippen LogP contribution in [0.2, 0.25) is 5.02 Å². The van der Waals surface area contributed by atoms with Gasteiger partial charge >= 0.3 is 0 Å². The zero-order chi connectivity index (χ0) is 14.7. The van der Waals surface area contributed by atoms with Crippen molar-refractivity contribution in [3.8, 4) is 5.75 Å². The van der Waals surface area contributed by atoms with Crippen molar-refractivity contribution in [2.75, 3.05) is 7.11 Å². The van der Waals surface area contributed by atoms with E-state index < -0.39 is 6.10 Å². The number of hydrogen-bond donors (Lipinski definition) is 1. The second-order valence-electron chi connectivity index (χ2n) is 4.73. The summed E-state index contributed by atoms with van der Waals surface area (Å²) in [6, 6.07) is 5.63. The molecule has 0 saturated carbocycles. The highest BCUT2D eigenvalue weighted by Crippen LogP contribution is 2.31. The lowest BCUT2D eigenvalue weighted by Crippen LogP contribution is -2.10. The molecule has 20 heavy (non-hydrogen) atoms. The highest BCUT2D eigenvalue weighted by atomic mass is 35.5. The van der Waals surface area contributed by atoms with Crippen molar-refractivity contribution in [3.63, 3.8) is 0 Å². The first-order valence-corrected chi connectivity index (χ1v) is 7.00. The zero-order valence-corrected chi connectivity index (χ0v) is 12.7. The summed E-state index contributed by atoms with van der Waals surface area (Å²) < 4.78 is 7.04. The summed E-state index contributed by atoms with van der Waals surface area (Å²) in [5, 5.41) is 15.3. The minimum absolute atomic E-state index is 0.477. The molecular formula is C15H19ClN2O2. The van der Waals surface area contributed by atoms with E-state index in [-0.39, 0.29) is 0 Å². The Bertz CT molecular complexity index is 596. The molecule has 0 radical (unpaired) electrons. The van der Waals surface area contributed by atoms with Crippen molar-refractivity contribution in [1.82, 2.24) is 9.78 Å². The molecule has 1 atom stereocenters. The van der Waals surface area contributed by atoms with Gasteiger partial charge in [0.25, 0.3) is 0 Å². The number of aryl methyl sites for hydroxylation is 2. The van der Waals surface area contributed by atoms with Crippen LogP contribution in [0.3, 0.4) is 0 Å². The molecule has 5 heteroatoms. The quantitative estimate of drug-likeness (QED) is 0.920. The molecule has 2 rings (SSSR count). The van der Waals surface area contributed by atoms with Gasteiger partial charge in [0, 0.05) is 6.54 Å². The fourth-order valence-corrected chi connectivity index (χ4v) is 2.44. The van der Waals surface area contributed by atoms with Crippen molar-refractivity contribution in [2.45, 2.75) is 32.9 Å². The monoisotopic (exact) mass is 294 g/mol. The second-order valence-corrected chi connectivity index (χ2v) is 5.14. The number of nitrogens with zero attached hydrogens (tertiary/aromatic N) is 2. The van der Waals surface area contributed by atoms with Gasteiger partial charge in [-0.2, -0.15) is 5.10 Å². The van der Waals surface area contributed by atoms with Gasteiger partial charge in [0.15, 0.2) is 0 Å². The summed E-state index contributed by atoms with van der Waals surface area (Å²) in [5.74, 6) is 0.749. The van der Waals surface area contributed by atoms with Gasteiger partial charge in [-0.15, -0.1) is 0 Å². The van der Waals surface area contributed by atoms with E-state index in [1.807, 2.05) is 25.1 Å². The molecular weight excluding hydrogens is 276 g/mol. The predicted molar refractivity (Wildman–Crippen MR) is 79.3 cm³/mol. The van der Waals surface area contributed by atoms with Crippen LogP contribution in [-0.2, 0) is 6.54 Å². The van der Waals surface area contributed by atoms with Crippen LogP contribution in [0.15, 0.2) is 24.4 Å². The van der Waals surface area contributed by atoms with Gasteiger partial charge in [0.05, 0.1) is 24.0 Å². The lowest BCUT2D eigenvalue weighted by molar-refractivity contribution is 0.207. The molecule has 1 aromatic heterocycles. The molecule has 0 saturated heterocycles. The maximum atomic E-state index is 10.6. The summed E-state index contributed by atoms with van der Waals surface area (Å²) in [6.45, 7) is 4.74. The molecule has 108 valence electrons. The highest BCUT2D eigenvalue weighted by molar-refractivity contribution is 6.31. The van der Waals surface area contributed by atoms with Crippen molar-refractivity contribution in [3.05, 3.63) is 46.2 Å². The summed E-state index contributed by atoms with van der Waals surface area (Å²) in [6.07, 6.45) is 1.68. The Labute approximate surface area is 123 Å². The topological polar surface area (TPSA) is 47.3 Å². The first kappa shape index (κ1) is 14.9. The van der Waals surface area contributed by atoms with E-state index in [4.69, 9.17) is 16.3 Å². The van der Waals surface area contributed by atoms with Gasteiger partial charge in [-0.05, 0) is 30.5 Å². The lowest BCUT2D eigenvalue weighted by Gasteiger charge is -2.16. The standard InChI is InChI=1S/C15H19ClN2O2/c1-4-7-18-14(12(16)9-17-18)15(19)11-6-5-10(2)13(8-11)20-3/h5-6,8-9,15,19H,4,7H2,1-3H3. The van der Waals surface area contributed by atoms with Gasteiger partial charge in [-0.1, -0.05) is 30.7 Å². The molecule has 1 heterocycles. The Morgan fingerprint density at radius 1 is 1.45 bits per heavy atom. The van der Waals surface area contributed by atoms with E-state index in [0.29, 0.717) is 10.7 Å². The zero-order valence-electron chi connectivity index (χ0n) is 11.9. The van der Waals surface area contributed by atoms with Gasteiger partial charge in [-0.3, -0.25) is 4.68 Å². The molecule has 0 bridgehead atoms. The number of aliphatic hydroxyl groups excluding tert-OH is 1. The fraction of sp³-hybridized carbons (Fsp3) is 0.400. The summed E-state index contributed by atoms with van der Waals surface area (Å²) >= 11 is 6.16. The molecule has 1 unspecified atom stereocenters. The summed E-state index contributed by atoms with van der Waals surface area (Å²) in [5.41, 5.74) is 2.39. The molecule has 1 aromatic carbocycles. The van der Waals surface area contributed by atoms with Crippen LogP contribution in [0.1, 0.15) is 36.3 Å². The number of halogens is 1. The summed E-state index contributed by atoms with van der Waals surface area (Å²) in [7, 11) is 1.62. The number of aromatic nitrogens is 2. The van der Waals surface area contributed by atoms with Crippen LogP contribution in [0.25, 0.3) is 0 Å². The smallest absolute Gasteiger partial charge is 0.122 e. The molecule has 0 aliphatic heterocycles. The minimum atomic E-state index is -0.814. The Kier molecular flexibility index (Phi) is 4.68. The van der Waals surface area contributed by atoms with Crippen molar-refractivity contribution < 1.29 is 9.84 Å². The number of rotatable bonds is 5. The molecule has 0 aliphatic rings. The molecule has 0 aliphatic carbocycles. The maximum Gasteiger partial charge on any atom is 0.122 e. The Hall–Kier alpha value is -1.52. The first-order chi connectivity index (χ1) is 9.58. The molecule has 1 N–H and O–H groups in total. The second kappa shape index (κ2) is 6.29. The minimum Gasteiger partial charge on any atom is -0.496 e. The first-order valence-electron chi connectivity index (χ1n) is 6.62. The van der Waals surface area contributed by atoms with E-state index in [0.717, 1.165) is 29.8 Å². The molecule has 0 amide bonds. The third kappa shape index (κ3) is 2.81. The lowest BCUT2D eigenvalue weighted by atomic mass is 10.0. The number of ether oxygens (including phenoxy) is 1. The van der Waals surface area contributed by atoms with E-state index >= 15 is 0 Å². The number of benzene rings is 1. The Morgan fingerprint density at radius 3 is 2.85 bits per heavy atom. The number of methoxy groups -OCH3 is 1. The van der Waals surface area contributed by atoms with Crippen LogP contribution in [-0.4, -0.2) is 22.0 Å².